The molecule has 0 N–H and O–H groups in total. The normalized spacial score (nSPS) is 21.0. The minimum Gasteiger partial charge on any atom is -0.468 e. The molecule has 1 saturated heterocycles. The first kappa shape index (κ1) is 15.8. The fraction of sp³-hybridized carbons (Fsp3) is 0.389. The van der Waals surface area contributed by atoms with E-state index in [2.05, 4.69) is 0 Å². The minimum absolute atomic E-state index is 0.00873. The summed E-state index contributed by atoms with van der Waals surface area (Å²) in [6, 6.07) is 11.1. The van der Waals surface area contributed by atoms with Gasteiger partial charge >= 0.3 is 5.97 Å². The Morgan fingerprint density at radius 2 is 1.96 bits per heavy atom. The SMILES string of the molecule is COC(=O)c1ccc2cc(OCOC(C)C3(C)CO3)ccc2c1. The number of esters is 1. The number of methoxy groups -OCH3 is 1. The molecule has 0 saturated carbocycles. The van der Waals surface area contributed by atoms with E-state index in [1.54, 1.807) is 12.1 Å². The number of epoxide rings is 1. The molecule has 5 nitrogen and oxygen atoms in total. The summed E-state index contributed by atoms with van der Waals surface area (Å²) in [5.41, 5.74) is 0.361. The van der Waals surface area contributed by atoms with Crippen molar-refractivity contribution in [2.24, 2.45) is 0 Å². The summed E-state index contributed by atoms with van der Waals surface area (Å²) < 4.78 is 21.3. The highest BCUT2D eigenvalue weighted by atomic mass is 16.7. The smallest absolute Gasteiger partial charge is 0.337 e. The van der Waals surface area contributed by atoms with Gasteiger partial charge in [-0.3, -0.25) is 0 Å². The molecule has 2 atom stereocenters. The molecule has 1 heterocycles. The molecular weight excluding hydrogens is 296 g/mol. The van der Waals surface area contributed by atoms with Gasteiger partial charge < -0.3 is 18.9 Å². The summed E-state index contributed by atoms with van der Waals surface area (Å²) >= 11 is 0. The van der Waals surface area contributed by atoms with Crippen molar-refractivity contribution in [3.63, 3.8) is 0 Å². The van der Waals surface area contributed by atoms with Crippen molar-refractivity contribution in [2.75, 3.05) is 20.5 Å². The van der Waals surface area contributed by atoms with Gasteiger partial charge in [-0.2, -0.15) is 0 Å². The van der Waals surface area contributed by atoms with Gasteiger partial charge in [-0.05, 0) is 48.9 Å². The van der Waals surface area contributed by atoms with Gasteiger partial charge in [0.15, 0.2) is 6.79 Å². The van der Waals surface area contributed by atoms with Crippen LogP contribution in [0.25, 0.3) is 10.8 Å². The summed E-state index contributed by atoms with van der Waals surface area (Å²) in [4.78, 5) is 11.5. The Bertz CT molecular complexity index is 720. The lowest BCUT2D eigenvalue weighted by Crippen LogP contribution is -2.28. The van der Waals surface area contributed by atoms with Gasteiger partial charge in [-0.1, -0.05) is 12.1 Å². The van der Waals surface area contributed by atoms with Crippen molar-refractivity contribution in [1.82, 2.24) is 0 Å². The Morgan fingerprint density at radius 3 is 2.65 bits per heavy atom. The Labute approximate surface area is 135 Å². The molecule has 2 unspecified atom stereocenters. The number of carbonyl (C=O) groups is 1. The van der Waals surface area contributed by atoms with Crippen LogP contribution in [0.5, 0.6) is 5.75 Å². The van der Waals surface area contributed by atoms with E-state index in [9.17, 15) is 4.79 Å². The molecule has 122 valence electrons. The molecule has 1 aliphatic heterocycles. The van der Waals surface area contributed by atoms with Crippen molar-refractivity contribution < 1.29 is 23.7 Å². The quantitative estimate of drug-likeness (QED) is 0.465. The molecular formula is C18H20O5. The number of carbonyl (C=O) groups excluding carboxylic acids is 1. The molecule has 0 spiro atoms. The van der Waals surface area contributed by atoms with Crippen molar-refractivity contribution in [3.05, 3.63) is 42.0 Å². The first-order valence-electron chi connectivity index (χ1n) is 7.52. The van der Waals surface area contributed by atoms with Gasteiger partial charge in [0.1, 0.15) is 11.4 Å². The molecule has 0 radical (unpaired) electrons. The molecule has 0 aromatic heterocycles. The van der Waals surface area contributed by atoms with Crippen molar-refractivity contribution in [2.45, 2.75) is 25.6 Å². The van der Waals surface area contributed by atoms with Crippen LogP contribution in [0.2, 0.25) is 0 Å². The fourth-order valence-electron chi connectivity index (χ4n) is 2.29. The van der Waals surface area contributed by atoms with Crippen LogP contribution in [0, 0.1) is 0 Å². The second-order valence-electron chi connectivity index (χ2n) is 5.89. The van der Waals surface area contributed by atoms with Crippen LogP contribution < -0.4 is 4.74 Å². The van der Waals surface area contributed by atoms with Crippen LogP contribution in [0.1, 0.15) is 24.2 Å². The standard InChI is InChI=1S/C18H20O5/c1-12(18(2)10-23-18)21-11-22-16-7-6-13-8-15(17(19)20-3)5-4-14(13)9-16/h4-9,12H,10-11H2,1-3H3. The summed E-state index contributed by atoms with van der Waals surface area (Å²) in [6.07, 6.45) is -0.00873. The topological polar surface area (TPSA) is 57.3 Å². The van der Waals surface area contributed by atoms with Gasteiger partial charge in [-0.15, -0.1) is 0 Å². The minimum atomic E-state index is -0.342. The van der Waals surface area contributed by atoms with Crippen molar-refractivity contribution >= 4 is 16.7 Å². The number of rotatable bonds is 6. The average molecular weight is 316 g/mol. The zero-order chi connectivity index (χ0) is 16.4. The van der Waals surface area contributed by atoms with Crippen LogP contribution in [0.3, 0.4) is 0 Å². The molecule has 2 aromatic carbocycles. The van der Waals surface area contributed by atoms with Crippen LogP contribution in [0.15, 0.2) is 36.4 Å². The maximum absolute atomic E-state index is 11.5. The summed E-state index contributed by atoms with van der Waals surface area (Å²) in [7, 11) is 1.37. The van der Waals surface area contributed by atoms with E-state index in [1.807, 2.05) is 38.1 Å². The van der Waals surface area contributed by atoms with Gasteiger partial charge in [0.25, 0.3) is 0 Å². The van der Waals surface area contributed by atoms with E-state index in [1.165, 1.54) is 7.11 Å². The van der Waals surface area contributed by atoms with Crippen molar-refractivity contribution in [1.29, 1.82) is 0 Å². The Kier molecular flexibility index (Phi) is 4.24. The average Bonchev–Trinajstić information content (AvgIpc) is 3.32. The van der Waals surface area contributed by atoms with Crippen molar-refractivity contribution in [3.8, 4) is 5.75 Å². The largest absolute Gasteiger partial charge is 0.468 e. The van der Waals surface area contributed by atoms with Crippen LogP contribution in [0.4, 0.5) is 0 Å². The fourth-order valence-corrected chi connectivity index (χ4v) is 2.29. The third-order valence-electron chi connectivity index (χ3n) is 4.24. The second kappa shape index (κ2) is 6.18. The predicted octanol–water partition coefficient (Wildman–Crippen LogP) is 3.16. The molecule has 0 aliphatic carbocycles. The van der Waals surface area contributed by atoms with Gasteiger partial charge in [0, 0.05) is 0 Å². The highest BCUT2D eigenvalue weighted by Crippen LogP contribution is 2.31. The highest BCUT2D eigenvalue weighted by Gasteiger charge is 2.45. The first-order valence-corrected chi connectivity index (χ1v) is 7.52. The molecule has 23 heavy (non-hydrogen) atoms. The molecule has 3 rings (SSSR count). The maximum atomic E-state index is 11.5. The van der Waals surface area contributed by atoms with Crippen LogP contribution in [-0.4, -0.2) is 38.2 Å². The molecule has 5 heteroatoms. The zero-order valence-corrected chi connectivity index (χ0v) is 13.5. The monoisotopic (exact) mass is 316 g/mol. The molecule has 0 amide bonds. The number of fused-ring (bicyclic) bond motifs is 1. The van der Waals surface area contributed by atoms with Gasteiger partial charge in [0.05, 0.1) is 25.4 Å². The summed E-state index contributed by atoms with van der Waals surface area (Å²) in [5, 5.41) is 1.94. The summed E-state index contributed by atoms with van der Waals surface area (Å²) in [6.45, 7) is 4.90. The molecule has 1 fully saturated rings. The predicted molar refractivity (Wildman–Crippen MR) is 85.7 cm³/mol. The molecule has 2 aromatic rings. The number of benzene rings is 2. The lowest BCUT2D eigenvalue weighted by molar-refractivity contribution is -0.0569. The zero-order valence-electron chi connectivity index (χ0n) is 13.5. The third-order valence-corrected chi connectivity index (χ3v) is 4.24. The summed E-state index contributed by atoms with van der Waals surface area (Å²) in [5.74, 6) is 0.378. The third kappa shape index (κ3) is 3.46. The maximum Gasteiger partial charge on any atom is 0.337 e. The van der Waals surface area contributed by atoms with E-state index < -0.39 is 0 Å². The molecule has 1 aliphatic rings. The Morgan fingerprint density at radius 1 is 1.26 bits per heavy atom. The van der Waals surface area contributed by atoms with E-state index in [0.717, 1.165) is 23.1 Å². The van der Waals surface area contributed by atoms with Gasteiger partial charge in [-0.25, -0.2) is 4.79 Å². The number of hydrogen-bond acceptors (Lipinski definition) is 5. The van der Waals surface area contributed by atoms with Crippen LogP contribution in [-0.2, 0) is 14.2 Å². The Hall–Kier alpha value is -2.11. The molecule has 0 bridgehead atoms. The van der Waals surface area contributed by atoms with E-state index in [-0.39, 0.29) is 24.5 Å². The van der Waals surface area contributed by atoms with E-state index in [0.29, 0.717) is 5.56 Å². The second-order valence-corrected chi connectivity index (χ2v) is 5.89. The number of hydrogen-bond donors (Lipinski definition) is 0. The highest BCUT2D eigenvalue weighted by molar-refractivity contribution is 5.95. The van der Waals surface area contributed by atoms with E-state index >= 15 is 0 Å². The first-order chi connectivity index (χ1) is 11.0. The Balaban J connectivity index is 1.64. The number of ether oxygens (including phenoxy) is 4. The lowest BCUT2D eigenvalue weighted by atomic mass is 10.1. The van der Waals surface area contributed by atoms with Crippen LogP contribution >= 0.6 is 0 Å². The lowest BCUT2D eigenvalue weighted by Gasteiger charge is -2.17. The van der Waals surface area contributed by atoms with E-state index in [4.69, 9.17) is 18.9 Å². The van der Waals surface area contributed by atoms with Gasteiger partial charge in [0.2, 0.25) is 0 Å².